The second-order valence-corrected chi connectivity index (χ2v) is 6.60. The molecule has 5 rings (SSSR count). The molecule has 4 aromatic rings. The monoisotopic (exact) mass is 361 g/mol. The Morgan fingerprint density at radius 2 is 1.85 bits per heavy atom. The highest BCUT2D eigenvalue weighted by Crippen LogP contribution is 2.39. The molecule has 134 valence electrons. The molecule has 1 aliphatic heterocycles. The molecule has 1 amide bonds. The van der Waals surface area contributed by atoms with E-state index in [1.165, 1.54) is 6.26 Å². The Bertz CT molecular complexity index is 1200. The number of hydrogen-bond acceptors (Lipinski definition) is 5. The Labute approximate surface area is 153 Å². The van der Waals surface area contributed by atoms with E-state index in [-0.39, 0.29) is 23.6 Å². The van der Waals surface area contributed by atoms with Crippen molar-refractivity contribution in [3.05, 3.63) is 93.6 Å². The van der Waals surface area contributed by atoms with Gasteiger partial charge in [-0.1, -0.05) is 11.6 Å². The molecule has 0 saturated carbocycles. The number of carbonyl (C=O) groups excluding carboxylic acids is 1. The smallest absolute Gasteiger partial charge is 0.291 e. The fraction of sp³-hybridized carbons (Fsp3) is 0.143. The quantitative estimate of drug-likeness (QED) is 0.550. The first-order chi connectivity index (χ1) is 13.1. The van der Waals surface area contributed by atoms with Gasteiger partial charge in [-0.2, -0.15) is 0 Å². The molecule has 4 heterocycles. The Kier molecular flexibility index (Phi) is 3.33. The van der Waals surface area contributed by atoms with Crippen LogP contribution in [0.5, 0.6) is 0 Å². The van der Waals surface area contributed by atoms with Crippen molar-refractivity contribution in [3.8, 4) is 0 Å². The van der Waals surface area contributed by atoms with E-state index in [4.69, 9.17) is 13.3 Å². The lowest BCUT2D eigenvalue weighted by atomic mass is 10.0. The fourth-order valence-electron chi connectivity index (χ4n) is 3.61. The van der Waals surface area contributed by atoms with Gasteiger partial charge in [0.15, 0.2) is 5.43 Å². The maximum Gasteiger partial charge on any atom is 0.291 e. The van der Waals surface area contributed by atoms with Crippen LogP contribution >= 0.6 is 0 Å². The van der Waals surface area contributed by atoms with Gasteiger partial charge >= 0.3 is 0 Å². The molecule has 1 aliphatic rings. The second kappa shape index (κ2) is 5.74. The molecule has 27 heavy (non-hydrogen) atoms. The lowest BCUT2D eigenvalue weighted by Gasteiger charge is -2.21. The van der Waals surface area contributed by atoms with E-state index in [1.807, 2.05) is 13.0 Å². The SMILES string of the molecule is Cc1ccc2oc3c(c(=O)c2c1)C(c1ccco1)N(Cc1ccco1)C3=O. The van der Waals surface area contributed by atoms with Gasteiger partial charge in [-0.05, 0) is 43.3 Å². The van der Waals surface area contributed by atoms with E-state index in [0.29, 0.717) is 28.1 Å². The van der Waals surface area contributed by atoms with Gasteiger partial charge in [0.1, 0.15) is 23.1 Å². The van der Waals surface area contributed by atoms with Crippen molar-refractivity contribution in [3.63, 3.8) is 0 Å². The van der Waals surface area contributed by atoms with Crippen LogP contribution in [0.15, 0.2) is 73.0 Å². The van der Waals surface area contributed by atoms with Gasteiger partial charge in [-0.25, -0.2) is 0 Å². The Morgan fingerprint density at radius 3 is 2.59 bits per heavy atom. The largest absolute Gasteiger partial charge is 0.467 e. The number of furan rings is 2. The molecule has 3 aromatic heterocycles. The molecule has 6 heteroatoms. The molecule has 0 N–H and O–H groups in total. The summed E-state index contributed by atoms with van der Waals surface area (Å²) in [6.45, 7) is 2.11. The highest BCUT2D eigenvalue weighted by molar-refractivity contribution is 5.98. The predicted octanol–water partition coefficient (Wildman–Crippen LogP) is 4.03. The maximum absolute atomic E-state index is 13.3. The molecule has 6 nitrogen and oxygen atoms in total. The zero-order chi connectivity index (χ0) is 18.5. The van der Waals surface area contributed by atoms with Crippen molar-refractivity contribution < 1.29 is 18.0 Å². The van der Waals surface area contributed by atoms with Crippen LogP contribution in [0.25, 0.3) is 11.0 Å². The number of aryl methyl sites for hydroxylation is 1. The first kappa shape index (κ1) is 15.7. The molecule has 0 aliphatic carbocycles. The minimum Gasteiger partial charge on any atom is -0.467 e. The van der Waals surface area contributed by atoms with Crippen LogP contribution in [-0.4, -0.2) is 10.8 Å². The van der Waals surface area contributed by atoms with Crippen LogP contribution in [0.1, 0.15) is 39.2 Å². The van der Waals surface area contributed by atoms with Crippen molar-refractivity contribution in [1.29, 1.82) is 0 Å². The summed E-state index contributed by atoms with van der Waals surface area (Å²) in [5.41, 5.74) is 1.43. The number of hydrogen-bond donors (Lipinski definition) is 0. The zero-order valence-corrected chi connectivity index (χ0v) is 14.5. The van der Waals surface area contributed by atoms with Gasteiger partial charge in [0, 0.05) is 0 Å². The summed E-state index contributed by atoms with van der Waals surface area (Å²) in [6, 6.07) is 11.7. The third-order valence-corrected chi connectivity index (χ3v) is 4.84. The number of benzene rings is 1. The van der Waals surface area contributed by atoms with Crippen molar-refractivity contribution in [2.75, 3.05) is 0 Å². The summed E-state index contributed by atoms with van der Waals surface area (Å²) < 4.78 is 16.8. The number of nitrogens with zero attached hydrogens (tertiary/aromatic N) is 1. The van der Waals surface area contributed by atoms with Crippen molar-refractivity contribution in [2.45, 2.75) is 19.5 Å². The van der Waals surface area contributed by atoms with Crippen molar-refractivity contribution in [2.24, 2.45) is 0 Å². The minimum absolute atomic E-state index is 0.0595. The van der Waals surface area contributed by atoms with Crippen LogP contribution in [0, 0.1) is 6.92 Å². The third-order valence-electron chi connectivity index (χ3n) is 4.84. The van der Waals surface area contributed by atoms with Gasteiger partial charge in [0.25, 0.3) is 5.91 Å². The lowest BCUT2D eigenvalue weighted by Crippen LogP contribution is -2.28. The summed E-state index contributed by atoms with van der Waals surface area (Å²) in [5.74, 6) is 0.820. The highest BCUT2D eigenvalue weighted by atomic mass is 16.4. The minimum atomic E-state index is -0.659. The standard InChI is InChI=1S/C21H15NO5/c1-12-6-7-15-14(10-12)19(23)17-18(16-5-3-9-26-16)22(21(24)20(17)27-15)11-13-4-2-8-25-13/h2-10,18H,11H2,1H3. The van der Waals surface area contributed by atoms with E-state index in [2.05, 4.69) is 0 Å². The van der Waals surface area contributed by atoms with E-state index in [0.717, 1.165) is 5.56 Å². The van der Waals surface area contributed by atoms with Crippen LogP contribution in [0.2, 0.25) is 0 Å². The normalized spacial score (nSPS) is 16.3. The second-order valence-electron chi connectivity index (χ2n) is 6.60. The summed E-state index contributed by atoms with van der Waals surface area (Å²) in [6.07, 6.45) is 3.07. The van der Waals surface area contributed by atoms with Gasteiger partial charge in [0.2, 0.25) is 5.76 Å². The fourth-order valence-corrected chi connectivity index (χ4v) is 3.61. The lowest BCUT2D eigenvalue weighted by molar-refractivity contribution is 0.0686. The van der Waals surface area contributed by atoms with Crippen LogP contribution in [-0.2, 0) is 6.54 Å². The molecular formula is C21H15NO5. The number of fused-ring (bicyclic) bond motifs is 2. The van der Waals surface area contributed by atoms with Crippen molar-refractivity contribution >= 4 is 16.9 Å². The van der Waals surface area contributed by atoms with Crippen LogP contribution in [0.3, 0.4) is 0 Å². The van der Waals surface area contributed by atoms with E-state index in [1.54, 1.807) is 47.6 Å². The van der Waals surface area contributed by atoms with Gasteiger partial charge in [0.05, 0.1) is 30.0 Å². The molecule has 1 aromatic carbocycles. The molecule has 1 atom stereocenters. The summed E-state index contributed by atoms with van der Waals surface area (Å²) >= 11 is 0. The predicted molar refractivity (Wildman–Crippen MR) is 96.4 cm³/mol. The summed E-state index contributed by atoms with van der Waals surface area (Å²) in [5, 5.41) is 0.456. The van der Waals surface area contributed by atoms with Crippen LogP contribution in [0.4, 0.5) is 0 Å². The van der Waals surface area contributed by atoms with E-state index < -0.39 is 6.04 Å². The molecule has 0 radical (unpaired) electrons. The third kappa shape index (κ3) is 2.33. The molecular weight excluding hydrogens is 346 g/mol. The van der Waals surface area contributed by atoms with Crippen LogP contribution < -0.4 is 5.43 Å². The highest BCUT2D eigenvalue weighted by Gasteiger charge is 2.44. The summed E-state index contributed by atoms with van der Waals surface area (Å²) in [7, 11) is 0. The van der Waals surface area contributed by atoms with Gasteiger partial charge in [-0.3, -0.25) is 9.59 Å². The zero-order valence-electron chi connectivity index (χ0n) is 14.5. The number of rotatable bonds is 3. The molecule has 0 spiro atoms. The average Bonchev–Trinajstić information content (AvgIpc) is 3.40. The Hall–Kier alpha value is -3.54. The molecule has 1 unspecified atom stereocenters. The average molecular weight is 361 g/mol. The van der Waals surface area contributed by atoms with Gasteiger partial charge in [-0.15, -0.1) is 0 Å². The first-order valence-electron chi connectivity index (χ1n) is 8.57. The topological polar surface area (TPSA) is 76.8 Å². The van der Waals surface area contributed by atoms with Crippen molar-refractivity contribution in [1.82, 2.24) is 4.90 Å². The summed E-state index contributed by atoms with van der Waals surface area (Å²) in [4.78, 5) is 27.9. The maximum atomic E-state index is 13.3. The molecule has 0 saturated heterocycles. The van der Waals surface area contributed by atoms with E-state index >= 15 is 0 Å². The number of amides is 1. The van der Waals surface area contributed by atoms with Gasteiger partial charge < -0.3 is 18.2 Å². The molecule has 0 fully saturated rings. The first-order valence-corrected chi connectivity index (χ1v) is 8.57. The number of carbonyl (C=O) groups is 1. The molecule has 0 bridgehead atoms. The Balaban J connectivity index is 1.75. The Morgan fingerprint density at radius 1 is 1.04 bits per heavy atom. The van der Waals surface area contributed by atoms with E-state index in [9.17, 15) is 9.59 Å².